The average molecular weight is 211 g/mol. The van der Waals surface area contributed by atoms with Gasteiger partial charge >= 0.3 is 5.97 Å². The van der Waals surface area contributed by atoms with E-state index < -0.39 is 5.97 Å². The summed E-state index contributed by atoms with van der Waals surface area (Å²) >= 11 is 0. The van der Waals surface area contributed by atoms with Crippen LogP contribution in [-0.2, 0) is 11.8 Å². The molecule has 1 aliphatic rings. The maximum atomic E-state index is 10.9. The van der Waals surface area contributed by atoms with Crippen LogP contribution in [0.4, 0.5) is 5.95 Å². The molecule has 0 radical (unpaired) electrons. The zero-order chi connectivity index (χ0) is 10.8. The van der Waals surface area contributed by atoms with E-state index in [0.29, 0.717) is 12.5 Å². The van der Waals surface area contributed by atoms with E-state index in [0.717, 1.165) is 19.4 Å². The smallest absolute Gasteiger partial charge is 0.308 e. The summed E-state index contributed by atoms with van der Waals surface area (Å²) in [7, 11) is 1.75. The van der Waals surface area contributed by atoms with Gasteiger partial charge in [-0.25, -0.2) is 4.68 Å². The van der Waals surface area contributed by atoms with Crippen molar-refractivity contribution >= 4 is 11.9 Å². The summed E-state index contributed by atoms with van der Waals surface area (Å²) in [6, 6.07) is 0. The number of aryl methyl sites for hydroxylation is 1. The van der Waals surface area contributed by atoms with Gasteiger partial charge in [0.05, 0.1) is 5.92 Å². The van der Waals surface area contributed by atoms with Crippen LogP contribution in [0.3, 0.4) is 0 Å². The van der Waals surface area contributed by atoms with Crippen LogP contribution in [0.5, 0.6) is 0 Å². The van der Waals surface area contributed by atoms with Crippen molar-refractivity contribution in [2.75, 3.05) is 18.0 Å². The number of carboxylic acid groups (broad SMARTS) is 1. The molecule has 82 valence electrons. The Morgan fingerprint density at radius 2 is 2.40 bits per heavy atom. The molecule has 1 aromatic heterocycles. The van der Waals surface area contributed by atoms with Crippen LogP contribution >= 0.6 is 0 Å². The molecule has 1 saturated heterocycles. The van der Waals surface area contributed by atoms with Crippen molar-refractivity contribution in [3.05, 3.63) is 0 Å². The first-order valence-electron chi connectivity index (χ1n) is 4.88. The van der Waals surface area contributed by atoms with Crippen LogP contribution in [-0.4, -0.2) is 44.4 Å². The van der Waals surface area contributed by atoms with Gasteiger partial charge in [-0.05, 0) is 23.3 Å². The lowest BCUT2D eigenvalue weighted by molar-refractivity contribution is -0.141. The number of nitrogens with zero attached hydrogens (tertiary/aromatic N) is 5. The topological polar surface area (TPSA) is 84.1 Å². The first kappa shape index (κ1) is 9.88. The second-order valence-corrected chi connectivity index (χ2v) is 3.73. The van der Waals surface area contributed by atoms with Crippen molar-refractivity contribution < 1.29 is 9.90 Å². The van der Waals surface area contributed by atoms with E-state index in [-0.39, 0.29) is 5.92 Å². The second kappa shape index (κ2) is 3.84. The molecule has 0 bridgehead atoms. The molecule has 1 atom stereocenters. The minimum Gasteiger partial charge on any atom is -0.481 e. The molecule has 1 unspecified atom stereocenters. The molecule has 0 aromatic carbocycles. The van der Waals surface area contributed by atoms with Gasteiger partial charge in [0.15, 0.2) is 0 Å². The molecular weight excluding hydrogens is 198 g/mol. The average Bonchev–Trinajstić information content (AvgIpc) is 2.64. The summed E-state index contributed by atoms with van der Waals surface area (Å²) in [5, 5.41) is 20.1. The van der Waals surface area contributed by atoms with Crippen molar-refractivity contribution in [3.63, 3.8) is 0 Å². The Morgan fingerprint density at radius 1 is 1.60 bits per heavy atom. The number of carboxylic acids is 1. The maximum Gasteiger partial charge on any atom is 0.308 e. The highest BCUT2D eigenvalue weighted by atomic mass is 16.4. The molecule has 0 saturated carbocycles. The fourth-order valence-electron chi connectivity index (χ4n) is 1.85. The highest BCUT2D eigenvalue weighted by molar-refractivity contribution is 5.71. The van der Waals surface area contributed by atoms with Gasteiger partial charge in [0.25, 0.3) is 0 Å². The highest BCUT2D eigenvalue weighted by Crippen LogP contribution is 2.20. The molecule has 2 heterocycles. The minimum absolute atomic E-state index is 0.310. The molecule has 1 fully saturated rings. The van der Waals surface area contributed by atoms with Gasteiger partial charge in [-0.2, -0.15) is 0 Å². The third-order valence-electron chi connectivity index (χ3n) is 2.65. The summed E-state index contributed by atoms with van der Waals surface area (Å²) in [4.78, 5) is 12.8. The lowest BCUT2D eigenvalue weighted by Crippen LogP contribution is -2.40. The van der Waals surface area contributed by atoms with Gasteiger partial charge in [0, 0.05) is 20.1 Å². The Bertz CT molecular complexity index is 364. The third-order valence-corrected chi connectivity index (χ3v) is 2.65. The Hall–Kier alpha value is -1.66. The molecule has 1 aromatic rings. The van der Waals surface area contributed by atoms with Crippen molar-refractivity contribution in [3.8, 4) is 0 Å². The Morgan fingerprint density at radius 3 is 3.00 bits per heavy atom. The van der Waals surface area contributed by atoms with Crippen molar-refractivity contribution in [2.45, 2.75) is 12.8 Å². The molecule has 7 nitrogen and oxygen atoms in total. The van der Waals surface area contributed by atoms with Crippen LogP contribution in [0.15, 0.2) is 0 Å². The highest BCUT2D eigenvalue weighted by Gasteiger charge is 2.27. The molecular formula is C8H13N5O2. The second-order valence-electron chi connectivity index (χ2n) is 3.73. The Labute approximate surface area is 86.7 Å². The molecule has 15 heavy (non-hydrogen) atoms. The minimum atomic E-state index is -0.741. The van der Waals surface area contributed by atoms with Gasteiger partial charge in [0.1, 0.15) is 0 Å². The predicted molar refractivity (Wildman–Crippen MR) is 51.4 cm³/mol. The van der Waals surface area contributed by atoms with E-state index in [4.69, 9.17) is 5.11 Å². The number of carbonyl (C=O) groups is 1. The number of hydrogen-bond acceptors (Lipinski definition) is 5. The Balaban J connectivity index is 2.11. The first-order chi connectivity index (χ1) is 7.18. The van der Waals surface area contributed by atoms with E-state index in [1.165, 1.54) is 0 Å². The van der Waals surface area contributed by atoms with Gasteiger partial charge in [-0.1, -0.05) is 5.10 Å². The predicted octanol–water partition coefficient (Wildman–Crippen LogP) is -0.489. The lowest BCUT2D eigenvalue weighted by Gasteiger charge is -2.30. The summed E-state index contributed by atoms with van der Waals surface area (Å²) < 4.78 is 1.56. The van der Waals surface area contributed by atoms with E-state index in [1.807, 2.05) is 4.90 Å². The fraction of sp³-hybridized carbons (Fsp3) is 0.750. The van der Waals surface area contributed by atoms with Crippen LogP contribution in [0.25, 0.3) is 0 Å². The molecule has 1 aliphatic heterocycles. The molecule has 0 spiro atoms. The maximum absolute atomic E-state index is 10.9. The Kier molecular flexibility index (Phi) is 2.53. The summed E-state index contributed by atoms with van der Waals surface area (Å²) in [6.45, 7) is 1.31. The zero-order valence-corrected chi connectivity index (χ0v) is 8.50. The number of aliphatic carboxylic acids is 1. The van der Waals surface area contributed by atoms with Crippen LogP contribution in [0.2, 0.25) is 0 Å². The number of hydrogen-bond donors (Lipinski definition) is 1. The molecule has 0 aliphatic carbocycles. The van der Waals surface area contributed by atoms with Gasteiger partial charge in [-0.15, -0.1) is 0 Å². The van der Waals surface area contributed by atoms with E-state index in [2.05, 4.69) is 15.5 Å². The largest absolute Gasteiger partial charge is 0.481 e. The first-order valence-corrected chi connectivity index (χ1v) is 4.88. The number of tetrazole rings is 1. The molecule has 1 N–H and O–H groups in total. The van der Waals surface area contributed by atoms with Crippen LogP contribution in [0, 0.1) is 5.92 Å². The summed E-state index contributed by atoms with van der Waals surface area (Å²) in [6.07, 6.45) is 1.60. The summed E-state index contributed by atoms with van der Waals surface area (Å²) in [5.74, 6) is -0.411. The van der Waals surface area contributed by atoms with Crippen molar-refractivity contribution in [1.82, 2.24) is 20.2 Å². The number of anilines is 1. The zero-order valence-electron chi connectivity index (χ0n) is 8.50. The standard InChI is InChI=1S/C8H13N5O2/c1-12-8(9-10-11-12)13-4-2-3-6(5-13)7(14)15/h6H,2-5H2,1H3,(H,14,15). The van der Waals surface area contributed by atoms with Crippen molar-refractivity contribution in [2.24, 2.45) is 13.0 Å². The van der Waals surface area contributed by atoms with E-state index in [1.54, 1.807) is 11.7 Å². The number of aromatic nitrogens is 4. The normalized spacial score (nSPS) is 21.7. The summed E-state index contributed by atoms with van der Waals surface area (Å²) in [5.41, 5.74) is 0. The van der Waals surface area contributed by atoms with Crippen molar-refractivity contribution in [1.29, 1.82) is 0 Å². The lowest BCUT2D eigenvalue weighted by atomic mass is 9.99. The molecule has 7 heteroatoms. The van der Waals surface area contributed by atoms with E-state index >= 15 is 0 Å². The fourth-order valence-corrected chi connectivity index (χ4v) is 1.85. The SMILES string of the molecule is Cn1nnnc1N1CCCC(C(=O)O)C1. The quantitative estimate of drug-likeness (QED) is 0.710. The third kappa shape index (κ3) is 1.90. The van der Waals surface area contributed by atoms with Gasteiger partial charge in [0.2, 0.25) is 5.95 Å². The number of rotatable bonds is 2. The molecule has 2 rings (SSSR count). The number of piperidine rings is 1. The monoisotopic (exact) mass is 211 g/mol. The molecule has 0 amide bonds. The van der Waals surface area contributed by atoms with Gasteiger partial charge < -0.3 is 10.0 Å². The van der Waals surface area contributed by atoms with Crippen LogP contribution in [0.1, 0.15) is 12.8 Å². The van der Waals surface area contributed by atoms with Gasteiger partial charge in [-0.3, -0.25) is 4.79 Å². The van der Waals surface area contributed by atoms with E-state index in [9.17, 15) is 4.79 Å². The van der Waals surface area contributed by atoms with Crippen LogP contribution < -0.4 is 4.90 Å².